The Kier molecular flexibility index (Phi) is 4.93. The Bertz CT molecular complexity index is 470. The molecule has 10 heteroatoms. The fraction of sp³-hybridized carbons (Fsp3) is 0.750. The Morgan fingerprint density at radius 3 is 2.14 bits per heavy atom. The summed E-state index contributed by atoms with van der Waals surface area (Å²) < 4.78 is 45.6. The maximum Gasteiger partial charge on any atom is 0.490 e. The van der Waals surface area contributed by atoms with Gasteiger partial charge in [0.25, 0.3) is 0 Å². The number of likely N-dealkylation sites (tertiary alicyclic amines) is 1. The summed E-state index contributed by atoms with van der Waals surface area (Å²) in [7, 11) is 0. The van der Waals surface area contributed by atoms with Crippen LogP contribution in [0.25, 0.3) is 0 Å². The van der Waals surface area contributed by atoms with E-state index in [1.54, 1.807) is 20.8 Å². The average molecular weight is 327 g/mol. The van der Waals surface area contributed by atoms with E-state index in [0.29, 0.717) is 0 Å². The van der Waals surface area contributed by atoms with Crippen LogP contribution in [-0.2, 0) is 19.1 Å². The lowest BCUT2D eigenvalue weighted by molar-refractivity contribution is -0.204. The number of carbonyl (C=O) groups is 3. The van der Waals surface area contributed by atoms with E-state index in [-0.39, 0.29) is 0 Å². The van der Waals surface area contributed by atoms with Gasteiger partial charge in [-0.1, -0.05) is 0 Å². The zero-order valence-electron chi connectivity index (χ0n) is 12.1. The normalized spacial score (nSPS) is 22.4. The maximum absolute atomic E-state index is 12.1. The molecule has 126 valence electrons. The molecule has 22 heavy (non-hydrogen) atoms. The minimum Gasteiger partial charge on any atom is -0.480 e. The van der Waals surface area contributed by atoms with Gasteiger partial charge in [-0.2, -0.15) is 13.2 Å². The van der Waals surface area contributed by atoms with Crippen LogP contribution in [0.3, 0.4) is 0 Å². The third-order valence-corrected chi connectivity index (χ3v) is 2.68. The molecule has 0 aromatic rings. The smallest absolute Gasteiger partial charge is 0.480 e. The van der Waals surface area contributed by atoms with Gasteiger partial charge in [0.2, 0.25) is 0 Å². The Hall–Kier alpha value is -2.00. The molecule has 1 amide bonds. The van der Waals surface area contributed by atoms with E-state index in [1.165, 1.54) is 0 Å². The first-order valence-corrected chi connectivity index (χ1v) is 6.31. The van der Waals surface area contributed by atoms with Crippen LogP contribution in [0, 0.1) is 0 Å². The monoisotopic (exact) mass is 327 g/mol. The maximum atomic E-state index is 12.1. The van der Waals surface area contributed by atoms with Crippen molar-refractivity contribution in [2.24, 2.45) is 0 Å². The van der Waals surface area contributed by atoms with Crippen LogP contribution in [0.4, 0.5) is 18.0 Å². The molecule has 0 radical (unpaired) electrons. The van der Waals surface area contributed by atoms with Gasteiger partial charge in [-0.15, -0.1) is 0 Å². The summed E-state index contributed by atoms with van der Waals surface area (Å²) in [6.07, 6.45) is -7.97. The summed E-state index contributed by atoms with van der Waals surface area (Å²) in [6.45, 7) is 4.18. The van der Waals surface area contributed by atoms with E-state index in [2.05, 4.69) is 4.74 Å². The zero-order chi connectivity index (χ0) is 17.3. The van der Waals surface area contributed by atoms with E-state index in [4.69, 9.17) is 9.84 Å². The van der Waals surface area contributed by atoms with Crippen LogP contribution in [0.1, 0.15) is 27.2 Å². The van der Waals surface area contributed by atoms with Crippen molar-refractivity contribution in [2.75, 3.05) is 6.54 Å². The third-order valence-electron chi connectivity index (χ3n) is 2.68. The van der Waals surface area contributed by atoms with Gasteiger partial charge in [0.1, 0.15) is 17.7 Å². The highest BCUT2D eigenvalue weighted by Crippen LogP contribution is 2.26. The number of alkyl halides is 3. The van der Waals surface area contributed by atoms with E-state index in [1.807, 2.05) is 0 Å². The molecule has 0 aromatic carbocycles. The number of ether oxygens (including phenoxy) is 2. The molecular weight excluding hydrogens is 311 g/mol. The molecule has 0 saturated carbocycles. The topological polar surface area (TPSA) is 93.1 Å². The zero-order valence-corrected chi connectivity index (χ0v) is 12.1. The van der Waals surface area contributed by atoms with E-state index in [0.717, 1.165) is 4.90 Å². The minimum atomic E-state index is -5.18. The number of rotatable bonds is 2. The molecule has 1 rings (SSSR count). The molecule has 0 aromatic heterocycles. The molecule has 1 N–H and O–H groups in total. The van der Waals surface area contributed by atoms with Crippen molar-refractivity contribution in [2.45, 2.75) is 51.1 Å². The summed E-state index contributed by atoms with van der Waals surface area (Å²) in [5, 5.41) is 9.03. The number of halogens is 3. The van der Waals surface area contributed by atoms with E-state index >= 15 is 0 Å². The summed E-state index contributed by atoms with van der Waals surface area (Å²) in [6, 6.07) is -1.42. The van der Waals surface area contributed by atoms with Crippen LogP contribution in [0.2, 0.25) is 0 Å². The van der Waals surface area contributed by atoms with Crippen molar-refractivity contribution >= 4 is 18.0 Å². The molecule has 1 saturated heterocycles. The largest absolute Gasteiger partial charge is 0.490 e. The van der Waals surface area contributed by atoms with Gasteiger partial charge in [0.15, 0.2) is 0 Å². The second-order valence-corrected chi connectivity index (χ2v) is 5.75. The summed E-state index contributed by atoms with van der Waals surface area (Å²) in [4.78, 5) is 34.5. The second kappa shape index (κ2) is 6.01. The SMILES string of the molecule is CC(C)(C)OC(=O)N1CC(OC(=O)C(F)(F)F)C[C@H]1C(=O)O. The van der Waals surface area contributed by atoms with Crippen LogP contribution >= 0.6 is 0 Å². The fourth-order valence-electron chi connectivity index (χ4n) is 1.86. The highest BCUT2D eigenvalue weighted by molar-refractivity contribution is 5.81. The summed E-state index contributed by atoms with van der Waals surface area (Å²) in [5.41, 5.74) is -0.902. The molecule has 0 bridgehead atoms. The first-order valence-electron chi connectivity index (χ1n) is 6.31. The second-order valence-electron chi connectivity index (χ2n) is 5.75. The first kappa shape index (κ1) is 18.1. The number of esters is 1. The van der Waals surface area contributed by atoms with Gasteiger partial charge in [0.05, 0.1) is 6.54 Å². The van der Waals surface area contributed by atoms with Crippen molar-refractivity contribution in [1.29, 1.82) is 0 Å². The average Bonchev–Trinajstić information content (AvgIpc) is 2.69. The molecule has 0 aliphatic carbocycles. The molecule has 1 aliphatic rings. The molecule has 1 aliphatic heterocycles. The van der Waals surface area contributed by atoms with Crippen molar-refractivity contribution in [1.82, 2.24) is 4.90 Å². The van der Waals surface area contributed by atoms with Gasteiger partial charge in [-0.3, -0.25) is 4.90 Å². The number of carboxylic acids is 1. The number of amides is 1. The first-order chi connectivity index (χ1) is 9.81. The highest BCUT2D eigenvalue weighted by atomic mass is 19.4. The Balaban J connectivity index is 2.80. The predicted octanol–water partition coefficient (Wildman–Crippen LogP) is 1.55. The number of nitrogens with zero attached hydrogens (tertiary/aromatic N) is 1. The standard InChI is InChI=1S/C12H16F3NO6/c1-11(2,3)22-10(20)16-5-6(4-7(16)8(17)18)21-9(19)12(13,14)15/h6-7H,4-5H2,1-3H3,(H,17,18)/t6?,7-/m0/s1. The lowest BCUT2D eigenvalue weighted by Gasteiger charge is -2.26. The number of aliphatic carboxylic acids is 1. The summed E-state index contributed by atoms with van der Waals surface area (Å²) >= 11 is 0. The lowest BCUT2D eigenvalue weighted by atomic mass is 10.2. The van der Waals surface area contributed by atoms with Gasteiger partial charge in [0, 0.05) is 6.42 Å². The van der Waals surface area contributed by atoms with Crippen molar-refractivity contribution in [3.8, 4) is 0 Å². The number of hydrogen-bond donors (Lipinski definition) is 1. The molecule has 1 unspecified atom stereocenters. The third kappa shape index (κ3) is 4.78. The predicted molar refractivity (Wildman–Crippen MR) is 64.9 cm³/mol. The molecule has 7 nitrogen and oxygen atoms in total. The van der Waals surface area contributed by atoms with Crippen LogP contribution in [0.15, 0.2) is 0 Å². The number of carbonyl (C=O) groups excluding carboxylic acids is 2. The van der Waals surface area contributed by atoms with Crippen molar-refractivity contribution in [3.63, 3.8) is 0 Å². The van der Waals surface area contributed by atoms with Crippen LogP contribution in [0.5, 0.6) is 0 Å². The van der Waals surface area contributed by atoms with E-state index < -0.39 is 54.9 Å². The minimum absolute atomic E-state index is 0.434. The number of hydrogen-bond acceptors (Lipinski definition) is 5. The van der Waals surface area contributed by atoms with Gasteiger partial charge >= 0.3 is 24.2 Å². The van der Waals surface area contributed by atoms with Crippen molar-refractivity contribution < 1.29 is 42.1 Å². The molecular formula is C12H16F3NO6. The molecule has 1 fully saturated rings. The van der Waals surface area contributed by atoms with Crippen LogP contribution < -0.4 is 0 Å². The van der Waals surface area contributed by atoms with Gasteiger partial charge < -0.3 is 14.6 Å². The summed E-state index contributed by atoms with van der Waals surface area (Å²) in [5.74, 6) is -3.84. The molecule has 0 spiro atoms. The Morgan fingerprint density at radius 2 is 1.73 bits per heavy atom. The Labute approximate surface area is 124 Å². The van der Waals surface area contributed by atoms with Gasteiger partial charge in [-0.05, 0) is 20.8 Å². The molecule has 1 heterocycles. The van der Waals surface area contributed by atoms with E-state index in [9.17, 15) is 27.6 Å². The Morgan fingerprint density at radius 1 is 1.18 bits per heavy atom. The van der Waals surface area contributed by atoms with Crippen LogP contribution in [-0.4, -0.2) is 58.5 Å². The van der Waals surface area contributed by atoms with Crippen molar-refractivity contribution in [3.05, 3.63) is 0 Å². The quantitative estimate of drug-likeness (QED) is 0.774. The highest BCUT2D eigenvalue weighted by Gasteiger charge is 2.47. The van der Waals surface area contributed by atoms with Gasteiger partial charge in [-0.25, -0.2) is 14.4 Å². The molecule has 2 atom stereocenters. The number of carboxylic acid groups (broad SMARTS) is 1. The lowest BCUT2D eigenvalue weighted by Crippen LogP contribution is -2.43. The fourth-order valence-corrected chi connectivity index (χ4v) is 1.86.